The Morgan fingerprint density at radius 2 is 1.39 bits per heavy atom. The van der Waals surface area contributed by atoms with Crippen LogP contribution in [0.2, 0.25) is 0 Å². The van der Waals surface area contributed by atoms with Crippen molar-refractivity contribution >= 4 is 33.0 Å². The second-order valence-corrected chi connectivity index (χ2v) is 9.77. The Labute approximate surface area is 192 Å². The van der Waals surface area contributed by atoms with Crippen LogP contribution in [0.5, 0.6) is 0 Å². The average Bonchev–Trinajstić information content (AvgIpc) is 3.42. The highest BCUT2D eigenvalue weighted by Crippen LogP contribution is 2.39. The van der Waals surface area contributed by atoms with Crippen molar-refractivity contribution in [2.24, 2.45) is 16.1 Å². The largest absolute Gasteiger partial charge is 0.279 e. The lowest BCUT2D eigenvalue weighted by molar-refractivity contribution is -0.118. The van der Waals surface area contributed by atoms with Crippen LogP contribution in [-0.4, -0.2) is 30.2 Å². The maximum Gasteiger partial charge on any atom is 0.279 e. The van der Waals surface area contributed by atoms with Gasteiger partial charge in [0, 0.05) is 6.42 Å². The Morgan fingerprint density at radius 1 is 0.818 bits per heavy atom. The Hall–Kier alpha value is -3.78. The molecule has 0 spiro atoms. The van der Waals surface area contributed by atoms with Crippen molar-refractivity contribution in [1.29, 1.82) is 0 Å². The van der Waals surface area contributed by atoms with E-state index in [1.165, 1.54) is 5.01 Å². The average molecular weight is 459 g/mol. The summed E-state index contributed by atoms with van der Waals surface area (Å²) in [5, 5.41) is 10.4. The van der Waals surface area contributed by atoms with Crippen LogP contribution >= 0.6 is 0 Å². The predicted molar refractivity (Wildman–Crippen MR) is 127 cm³/mol. The van der Waals surface area contributed by atoms with Crippen LogP contribution in [0, 0.1) is 5.92 Å². The molecule has 33 heavy (non-hydrogen) atoms. The molecule has 0 saturated carbocycles. The van der Waals surface area contributed by atoms with Crippen molar-refractivity contribution in [3.63, 3.8) is 0 Å². The van der Waals surface area contributed by atoms with Gasteiger partial charge in [-0.05, 0) is 36.8 Å². The summed E-state index contributed by atoms with van der Waals surface area (Å²) in [5.74, 6) is -0.935. The Bertz CT molecular complexity index is 1340. The van der Waals surface area contributed by atoms with Crippen LogP contribution < -0.4 is 5.01 Å². The smallest absolute Gasteiger partial charge is 0.271 e. The minimum absolute atomic E-state index is 0.157. The molecular weight excluding hydrogens is 436 g/mol. The fourth-order valence-electron chi connectivity index (χ4n) is 4.23. The van der Waals surface area contributed by atoms with E-state index in [-0.39, 0.29) is 10.8 Å². The number of nitrogens with zero attached hydrogens (tertiary/aromatic N) is 4. The molecule has 0 N–H and O–H groups in total. The van der Waals surface area contributed by atoms with Crippen molar-refractivity contribution in [1.82, 2.24) is 4.41 Å². The molecule has 0 bridgehead atoms. The first-order chi connectivity index (χ1) is 16.0. The quantitative estimate of drug-likeness (QED) is 0.574. The molecule has 0 aromatic heterocycles. The second kappa shape index (κ2) is 8.29. The van der Waals surface area contributed by atoms with Crippen LogP contribution in [-0.2, 0) is 14.8 Å². The third-order valence-electron chi connectivity index (χ3n) is 5.83. The van der Waals surface area contributed by atoms with Crippen molar-refractivity contribution in [3.8, 4) is 0 Å². The molecule has 166 valence electrons. The molecule has 1 amide bonds. The number of hydrazone groups is 2. The van der Waals surface area contributed by atoms with Crippen LogP contribution in [0.15, 0.2) is 106 Å². The van der Waals surface area contributed by atoms with Gasteiger partial charge in [-0.3, -0.25) is 4.79 Å². The SMILES string of the molecule is CC1=NN(c2ccccc2)C(=O)C1C1=NN(S(=O)(=O)c2ccccc2)C(c2ccccc2)C1. The summed E-state index contributed by atoms with van der Waals surface area (Å²) in [7, 11) is -3.92. The van der Waals surface area contributed by atoms with E-state index in [9.17, 15) is 13.2 Å². The first kappa shape index (κ1) is 21.1. The maximum absolute atomic E-state index is 13.5. The number of para-hydroxylation sites is 1. The van der Waals surface area contributed by atoms with Gasteiger partial charge >= 0.3 is 0 Å². The first-order valence-electron chi connectivity index (χ1n) is 10.6. The fourth-order valence-corrected chi connectivity index (χ4v) is 5.70. The molecule has 5 rings (SSSR count). The molecule has 2 atom stereocenters. The number of amides is 1. The molecule has 2 heterocycles. The lowest BCUT2D eigenvalue weighted by Crippen LogP contribution is -2.32. The van der Waals surface area contributed by atoms with E-state index in [4.69, 9.17) is 0 Å². The van der Waals surface area contributed by atoms with Gasteiger partial charge in [-0.15, -0.1) is 0 Å². The van der Waals surface area contributed by atoms with Crippen molar-refractivity contribution in [2.75, 3.05) is 5.01 Å². The number of anilines is 1. The van der Waals surface area contributed by atoms with Gasteiger partial charge < -0.3 is 0 Å². The van der Waals surface area contributed by atoms with Crippen LogP contribution in [0.1, 0.15) is 24.9 Å². The van der Waals surface area contributed by atoms with E-state index >= 15 is 0 Å². The predicted octanol–water partition coefficient (Wildman–Crippen LogP) is 4.22. The summed E-state index contributed by atoms with van der Waals surface area (Å²) in [6.07, 6.45) is 0.308. The van der Waals surface area contributed by atoms with Gasteiger partial charge in [0.2, 0.25) is 0 Å². The van der Waals surface area contributed by atoms with Gasteiger partial charge in [0.1, 0.15) is 5.92 Å². The maximum atomic E-state index is 13.5. The van der Waals surface area contributed by atoms with Crippen LogP contribution in [0.25, 0.3) is 0 Å². The summed E-state index contributed by atoms with van der Waals surface area (Å²) < 4.78 is 28.2. The number of carbonyl (C=O) groups excluding carboxylic acids is 1. The Balaban J connectivity index is 1.54. The van der Waals surface area contributed by atoms with Gasteiger partial charge in [0.05, 0.1) is 28.0 Å². The molecule has 0 saturated heterocycles. The van der Waals surface area contributed by atoms with Gasteiger partial charge in [-0.2, -0.15) is 28.0 Å². The van der Waals surface area contributed by atoms with E-state index in [1.807, 2.05) is 60.7 Å². The third kappa shape index (κ3) is 3.72. The van der Waals surface area contributed by atoms with Crippen molar-refractivity contribution in [3.05, 3.63) is 96.6 Å². The van der Waals surface area contributed by atoms with E-state index in [1.54, 1.807) is 37.3 Å². The van der Waals surface area contributed by atoms with E-state index in [2.05, 4.69) is 10.2 Å². The van der Waals surface area contributed by atoms with Crippen molar-refractivity contribution in [2.45, 2.75) is 24.3 Å². The highest BCUT2D eigenvalue weighted by atomic mass is 32.2. The highest BCUT2D eigenvalue weighted by Gasteiger charge is 2.45. The molecular formula is C25H22N4O3S. The lowest BCUT2D eigenvalue weighted by atomic mass is 9.92. The van der Waals surface area contributed by atoms with E-state index in [0.29, 0.717) is 23.5 Å². The summed E-state index contributed by atoms with van der Waals surface area (Å²) in [5.41, 5.74) is 2.56. The van der Waals surface area contributed by atoms with Crippen LogP contribution in [0.3, 0.4) is 0 Å². The summed E-state index contributed by atoms with van der Waals surface area (Å²) in [6.45, 7) is 1.78. The fraction of sp³-hybridized carbons (Fsp3) is 0.160. The van der Waals surface area contributed by atoms with Gasteiger partial charge in [0.15, 0.2) is 0 Å². The van der Waals surface area contributed by atoms with Crippen LogP contribution in [0.4, 0.5) is 5.69 Å². The molecule has 8 heteroatoms. The number of hydrogen-bond acceptors (Lipinski definition) is 5. The number of rotatable bonds is 5. The number of benzene rings is 3. The van der Waals surface area contributed by atoms with Crippen molar-refractivity contribution < 1.29 is 13.2 Å². The molecule has 3 aromatic rings. The zero-order valence-electron chi connectivity index (χ0n) is 17.9. The monoisotopic (exact) mass is 458 g/mol. The molecule has 3 aromatic carbocycles. The molecule has 0 fully saturated rings. The number of hydrogen-bond donors (Lipinski definition) is 0. The number of sulfonamides is 1. The van der Waals surface area contributed by atoms with Gasteiger partial charge in [0.25, 0.3) is 15.9 Å². The van der Waals surface area contributed by atoms with Gasteiger partial charge in [-0.1, -0.05) is 66.7 Å². The van der Waals surface area contributed by atoms with Gasteiger partial charge in [-0.25, -0.2) is 0 Å². The molecule has 2 unspecified atom stereocenters. The highest BCUT2D eigenvalue weighted by molar-refractivity contribution is 7.89. The molecule has 0 radical (unpaired) electrons. The van der Waals surface area contributed by atoms with E-state index < -0.39 is 22.0 Å². The zero-order chi connectivity index (χ0) is 23.0. The Morgan fingerprint density at radius 3 is 2.03 bits per heavy atom. The third-order valence-corrected chi connectivity index (χ3v) is 7.53. The second-order valence-electron chi connectivity index (χ2n) is 7.97. The minimum atomic E-state index is -3.92. The summed E-state index contributed by atoms with van der Waals surface area (Å²) in [6, 6.07) is 26.2. The molecule has 2 aliphatic rings. The summed E-state index contributed by atoms with van der Waals surface area (Å²) in [4.78, 5) is 13.5. The number of carbonyl (C=O) groups is 1. The Kier molecular flexibility index (Phi) is 5.30. The first-order valence-corrected chi connectivity index (χ1v) is 12.1. The molecule has 2 aliphatic heterocycles. The summed E-state index contributed by atoms with van der Waals surface area (Å²) >= 11 is 0. The lowest BCUT2D eigenvalue weighted by Gasteiger charge is -2.23. The minimum Gasteiger partial charge on any atom is -0.271 e. The molecule has 7 nitrogen and oxygen atoms in total. The standard InChI is InChI=1S/C25H22N4O3S/c1-18-24(25(30)28(26-18)20-13-7-3-8-14-20)22-17-23(19-11-5-2-6-12-19)29(27-22)33(31,32)21-15-9-4-10-16-21/h2-16,23-24H,17H2,1H3. The topological polar surface area (TPSA) is 82.4 Å². The van der Waals surface area contributed by atoms with E-state index in [0.717, 1.165) is 9.98 Å². The zero-order valence-corrected chi connectivity index (χ0v) is 18.8. The molecule has 0 aliphatic carbocycles. The normalized spacial score (nSPS) is 20.7.